The van der Waals surface area contributed by atoms with Crippen LogP contribution in [-0.2, 0) is 0 Å². The first kappa shape index (κ1) is 14.1. The molecule has 0 saturated heterocycles. The lowest BCUT2D eigenvalue weighted by atomic mass is 9.85. The summed E-state index contributed by atoms with van der Waals surface area (Å²) in [6.07, 6.45) is 4.81. The van der Waals surface area contributed by atoms with E-state index in [1.54, 1.807) is 0 Å². The summed E-state index contributed by atoms with van der Waals surface area (Å²) in [5, 5.41) is 14.3. The number of aryl methyl sites for hydroxylation is 1. The van der Waals surface area contributed by atoms with Crippen LogP contribution in [0.4, 0.5) is 0 Å². The summed E-state index contributed by atoms with van der Waals surface area (Å²) >= 11 is 0. The van der Waals surface area contributed by atoms with E-state index in [4.69, 9.17) is 0 Å². The van der Waals surface area contributed by atoms with Crippen LogP contribution in [-0.4, -0.2) is 28.1 Å². The summed E-state index contributed by atoms with van der Waals surface area (Å²) in [6, 6.07) is 7.79. The van der Waals surface area contributed by atoms with Gasteiger partial charge < -0.3 is 15.4 Å². The molecule has 21 heavy (non-hydrogen) atoms. The van der Waals surface area contributed by atoms with Gasteiger partial charge in [0.2, 0.25) is 0 Å². The Bertz CT molecular complexity index is 654. The van der Waals surface area contributed by atoms with Crippen molar-refractivity contribution in [2.24, 2.45) is 0 Å². The molecular formula is C17H22N2O2. The first-order valence-electron chi connectivity index (χ1n) is 7.67. The Hall–Kier alpha value is -1.81. The maximum absolute atomic E-state index is 12.5. The van der Waals surface area contributed by atoms with Crippen molar-refractivity contribution in [3.05, 3.63) is 35.5 Å². The minimum Gasteiger partial charge on any atom is -0.388 e. The van der Waals surface area contributed by atoms with Crippen molar-refractivity contribution in [2.75, 3.05) is 6.54 Å². The standard InChI is InChI=1S/C17H22N2O2/c1-12-15(13-7-3-4-8-14(13)19-12)16(20)18-11-17(21)9-5-2-6-10-17/h3-4,7-8,19,21H,2,5-6,9-11H2,1H3,(H,18,20). The van der Waals surface area contributed by atoms with Crippen molar-refractivity contribution in [1.29, 1.82) is 0 Å². The lowest BCUT2D eigenvalue weighted by molar-refractivity contribution is 0.00526. The molecule has 3 rings (SSSR count). The SMILES string of the molecule is Cc1[nH]c2ccccc2c1C(=O)NCC1(O)CCCCC1. The van der Waals surface area contributed by atoms with E-state index < -0.39 is 5.60 Å². The van der Waals surface area contributed by atoms with Crippen molar-refractivity contribution >= 4 is 16.8 Å². The van der Waals surface area contributed by atoms with Gasteiger partial charge in [0, 0.05) is 23.1 Å². The largest absolute Gasteiger partial charge is 0.388 e. The molecule has 1 amide bonds. The number of amides is 1. The Balaban J connectivity index is 1.76. The van der Waals surface area contributed by atoms with Gasteiger partial charge >= 0.3 is 0 Å². The molecule has 0 unspecified atom stereocenters. The van der Waals surface area contributed by atoms with Gasteiger partial charge in [-0.2, -0.15) is 0 Å². The third-order valence-corrected chi connectivity index (χ3v) is 4.48. The number of benzene rings is 1. The average molecular weight is 286 g/mol. The molecule has 0 radical (unpaired) electrons. The first-order valence-corrected chi connectivity index (χ1v) is 7.67. The van der Waals surface area contributed by atoms with E-state index in [9.17, 15) is 9.90 Å². The zero-order valence-electron chi connectivity index (χ0n) is 12.4. The van der Waals surface area contributed by atoms with Crippen LogP contribution < -0.4 is 5.32 Å². The van der Waals surface area contributed by atoms with Gasteiger partial charge in [-0.25, -0.2) is 0 Å². The highest BCUT2D eigenvalue weighted by atomic mass is 16.3. The van der Waals surface area contributed by atoms with E-state index in [2.05, 4.69) is 10.3 Å². The summed E-state index contributed by atoms with van der Waals surface area (Å²) in [5.41, 5.74) is 1.79. The number of aromatic amines is 1. The Morgan fingerprint density at radius 3 is 2.76 bits per heavy atom. The number of aromatic nitrogens is 1. The molecule has 1 aromatic heterocycles. The van der Waals surface area contributed by atoms with Crippen LogP contribution in [0.15, 0.2) is 24.3 Å². The van der Waals surface area contributed by atoms with E-state index in [0.29, 0.717) is 12.1 Å². The normalized spacial score (nSPS) is 17.8. The second-order valence-corrected chi connectivity index (χ2v) is 6.14. The third-order valence-electron chi connectivity index (χ3n) is 4.48. The van der Waals surface area contributed by atoms with Gasteiger partial charge in [0.15, 0.2) is 0 Å². The van der Waals surface area contributed by atoms with Gasteiger partial charge in [0.25, 0.3) is 5.91 Å². The molecule has 1 aliphatic carbocycles. The molecule has 2 aromatic rings. The van der Waals surface area contributed by atoms with Crippen molar-refractivity contribution < 1.29 is 9.90 Å². The number of hydrogen-bond acceptors (Lipinski definition) is 2. The number of fused-ring (bicyclic) bond motifs is 1. The van der Waals surface area contributed by atoms with E-state index in [1.807, 2.05) is 31.2 Å². The molecule has 4 nitrogen and oxygen atoms in total. The molecule has 0 aliphatic heterocycles. The first-order chi connectivity index (χ1) is 10.1. The number of carbonyl (C=O) groups is 1. The van der Waals surface area contributed by atoms with Crippen LogP contribution in [0.2, 0.25) is 0 Å². The Morgan fingerprint density at radius 2 is 2.00 bits per heavy atom. The second-order valence-electron chi connectivity index (χ2n) is 6.14. The van der Waals surface area contributed by atoms with E-state index >= 15 is 0 Å². The summed E-state index contributed by atoms with van der Waals surface area (Å²) in [6.45, 7) is 2.25. The van der Waals surface area contributed by atoms with Crippen molar-refractivity contribution in [1.82, 2.24) is 10.3 Å². The Labute approximate surface area is 124 Å². The predicted molar refractivity (Wildman–Crippen MR) is 83.4 cm³/mol. The lowest BCUT2D eigenvalue weighted by Gasteiger charge is -2.32. The molecule has 1 fully saturated rings. The number of hydrogen-bond donors (Lipinski definition) is 3. The topological polar surface area (TPSA) is 65.1 Å². The maximum atomic E-state index is 12.5. The van der Waals surface area contributed by atoms with Gasteiger partial charge in [-0.3, -0.25) is 4.79 Å². The van der Waals surface area contributed by atoms with Gasteiger partial charge in [-0.15, -0.1) is 0 Å². The fourth-order valence-corrected chi connectivity index (χ4v) is 3.29. The minimum atomic E-state index is -0.728. The van der Waals surface area contributed by atoms with Gasteiger partial charge in [-0.1, -0.05) is 37.5 Å². The summed E-state index contributed by atoms with van der Waals surface area (Å²) in [4.78, 5) is 15.7. The van der Waals surface area contributed by atoms with E-state index in [-0.39, 0.29) is 5.91 Å². The van der Waals surface area contributed by atoms with Gasteiger partial charge in [-0.05, 0) is 25.8 Å². The molecule has 0 atom stereocenters. The second kappa shape index (κ2) is 5.53. The summed E-state index contributed by atoms with van der Waals surface area (Å²) < 4.78 is 0. The van der Waals surface area contributed by atoms with Crippen LogP contribution in [0.5, 0.6) is 0 Å². The fourth-order valence-electron chi connectivity index (χ4n) is 3.29. The molecule has 112 valence electrons. The molecule has 1 aliphatic rings. The number of aliphatic hydroxyl groups is 1. The van der Waals surface area contributed by atoms with Crippen LogP contribution in [0.25, 0.3) is 10.9 Å². The fraction of sp³-hybridized carbons (Fsp3) is 0.471. The molecule has 1 heterocycles. The molecular weight excluding hydrogens is 264 g/mol. The van der Waals surface area contributed by atoms with Crippen molar-refractivity contribution in [2.45, 2.75) is 44.6 Å². The highest BCUT2D eigenvalue weighted by molar-refractivity contribution is 6.08. The van der Waals surface area contributed by atoms with E-state index in [0.717, 1.165) is 42.3 Å². The third kappa shape index (κ3) is 2.81. The molecule has 1 saturated carbocycles. The number of para-hydroxylation sites is 1. The van der Waals surface area contributed by atoms with Crippen LogP contribution in [0.1, 0.15) is 48.2 Å². The molecule has 0 bridgehead atoms. The van der Waals surface area contributed by atoms with Gasteiger partial charge in [0.05, 0.1) is 11.2 Å². The quantitative estimate of drug-likeness (QED) is 0.812. The predicted octanol–water partition coefficient (Wildman–Crippen LogP) is 2.90. The monoisotopic (exact) mass is 286 g/mol. The van der Waals surface area contributed by atoms with Crippen LogP contribution in [0.3, 0.4) is 0 Å². The molecule has 3 N–H and O–H groups in total. The zero-order chi connectivity index (χ0) is 14.9. The molecule has 1 aromatic carbocycles. The Morgan fingerprint density at radius 1 is 1.29 bits per heavy atom. The summed E-state index contributed by atoms with van der Waals surface area (Å²) in [5.74, 6) is -0.107. The lowest BCUT2D eigenvalue weighted by Crippen LogP contribution is -2.44. The summed E-state index contributed by atoms with van der Waals surface area (Å²) in [7, 11) is 0. The minimum absolute atomic E-state index is 0.107. The molecule has 0 spiro atoms. The highest BCUT2D eigenvalue weighted by Crippen LogP contribution is 2.28. The van der Waals surface area contributed by atoms with Crippen LogP contribution in [0, 0.1) is 6.92 Å². The Kier molecular flexibility index (Phi) is 3.72. The highest BCUT2D eigenvalue weighted by Gasteiger charge is 2.30. The van der Waals surface area contributed by atoms with E-state index in [1.165, 1.54) is 6.42 Å². The number of carbonyl (C=O) groups excluding carboxylic acids is 1. The average Bonchev–Trinajstić information content (AvgIpc) is 2.81. The van der Waals surface area contributed by atoms with Crippen LogP contribution >= 0.6 is 0 Å². The van der Waals surface area contributed by atoms with Crippen molar-refractivity contribution in [3.63, 3.8) is 0 Å². The van der Waals surface area contributed by atoms with Crippen molar-refractivity contribution in [3.8, 4) is 0 Å². The van der Waals surface area contributed by atoms with Gasteiger partial charge in [0.1, 0.15) is 0 Å². The maximum Gasteiger partial charge on any atom is 0.253 e. The zero-order valence-corrected chi connectivity index (χ0v) is 12.4. The number of H-pyrrole nitrogens is 1. The number of rotatable bonds is 3. The number of nitrogens with one attached hydrogen (secondary N) is 2. The molecule has 4 heteroatoms. The smallest absolute Gasteiger partial charge is 0.253 e.